The molecule has 162 valence electrons. The maximum Gasteiger partial charge on any atom is 0.253 e. The summed E-state index contributed by atoms with van der Waals surface area (Å²) in [5, 5.41) is 2.32. The Kier molecular flexibility index (Phi) is 6.02. The number of thiazole rings is 1. The normalized spacial score (nSPS) is 11.8. The highest BCUT2D eigenvalue weighted by Crippen LogP contribution is 2.28. The van der Waals surface area contributed by atoms with Gasteiger partial charge in [-0.25, -0.2) is 18.4 Å². The number of carbonyl (C=O) groups excluding carboxylic acids is 1. The summed E-state index contributed by atoms with van der Waals surface area (Å²) in [7, 11) is -3.27. The molecule has 0 fully saturated rings. The lowest BCUT2D eigenvalue weighted by Crippen LogP contribution is -2.29. The van der Waals surface area contributed by atoms with Crippen molar-refractivity contribution in [3.63, 3.8) is 0 Å². The molecule has 0 N–H and O–H groups in total. The van der Waals surface area contributed by atoms with Crippen LogP contribution in [0.3, 0.4) is 0 Å². The zero-order valence-corrected chi connectivity index (χ0v) is 18.8. The Hall–Kier alpha value is -3.56. The number of benzene rings is 2. The lowest BCUT2D eigenvalue weighted by atomic mass is 10.2. The van der Waals surface area contributed by atoms with Gasteiger partial charge in [-0.3, -0.25) is 9.69 Å². The van der Waals surface area contributed by atoms with Crippen molar-refractivity contribution in [2.24, 2.45) is 0 Å². The van der Waals surface area contributed by atoms with E-state index in [1.54, 1.807) is 30.3 Å². The number of sulfone groups is 1. The zero-order chi connectivity index (χ0) is 22.7. The van der Waals surface area contributed by atoms with Gasteiger partial charge in [0.15, 0.2) is 20.6 Å². The topological polar surface area (TPSA) is 93.4 Å². The predicted molar refractivity (Wildman–Crippen MR) is 126 cm³/mol. The summed E-state index contributed by atoms with van der Waals surface area (Å²) in [5.74, 6) is 0.0457. The fraction of sp³-hybridized carbons (Fsp3) is 0.0870. The average Bonchev–Trinajstić information content (AvgIpc) is 3.42. The van der Waals surface area contributed by atoms with E-state index in [0.717, 1.165) is 11.8 Å². The molecule has 0 spiro atoms. The minimum absolute atomic E-state index is 0.240. The molecule has 4 rings (SSSR count). The van der Waals surface area contributed by atoms with Crippen LogP contribution in [0.25, 0.3) is 28.4 Å². The van der Waals surface area contributed by atoms with Crippen molar-refractivity contribution in [2.75, 3.05) is 17.7 Å². The number of para-hydroxylation sites is 2. The minimum atomic E-state index is -3.27. The van der Waals surface area contributed by atoms with E-state index in [1.807, 2.05) is 29.6 Å². The molecule has 0 saturated heterocycles. The monoisotopic (exact) mass is 465 g/mol. The van der Waals surface area contributed by atoms with Gasteiger partial charge < -0.3 is 4.42 Å². The van der Waals surface area contributed by atoms with Crippen molar-refractivity contribution in [1.29, 1.82) is 0 Å². The number of anilines is 1. The smallest absolute Gasteiger partial charge is 0.253 e. The molecule has 0 aliphatic carbocycles. The van der Waals surface area contributed by atoms with Crippen LogP contribution in [0, 0.1) is 0 Å². The molecular weight excluding hydrogens is 446 g/mol. The molecule has 0 unspecified atom stereocenters. The van der Waals surface area contributed by atoms with Crippen LogP contribution in [-0.4, -0.2) is 37.1 Å². The van der Waals surface area contributed by atoms with Crippen molar-refractivity contribution in [3.8, 4) is 11.3 Å². The first kappa shape index (κ1) is 21.7. The number of fused-ring (bicyclic) bond motifs is 1. The van der Waals surface area contributed by atoms with Gasteiger partial charge in [0, 0.05) is 35.9 Å². The maximum atomic E-state index is 12.8. The van der Waals surface area contributed by atoms with E-state index in [9.17, 15) is 13.2 Å². The Morgan fingerprint density at radius 3 is 2.59 bits per heavy atom. The summed E-state index contributed by atoms with van der Waals surface area (Å²) in [6, 6.07) is 13.8. The third-order valence-corrected chi connectivity index (χ3v) is 6.55. The lowest BCUT2D eigenvalue weighted by Gasteiger charge is -2.15. The molecule has 32 heavy (non-hydrogen) atoms. The number of amides is 1. The van der Waals surface area contributed by atoms with E-state index in [2.05, 4.69) is 16.5 Å². The van der Waals surface area contributed by atoms with Crippen molar-refractivity contribution < 1.29 is 17.6 Å². The first-order valence-electron chi connectivity index (χ1n) is 9.57. The maximum absolute atomic E-state index is 12.8. The highest BCUT2D eigenvalue weighted by molar-refractivity contribution is 7.90. The summed E-state index contributed by atoms with van der Waals surface area (Å²) in [6.07, 6.45) is 5.69. The molecule has 2 aromatic carbocycles. The first-order valence-corrected chi connectivity index (χ1v) is 12.3. The number of carbonyl (C=O) groups is 1. The third-order valence-electron chi connectivity index (χ3n) is 4.56. The van der Waals surface area contributed by atoms with E-state index in [0.29, 0.717) is 27.8 Å². The van der Waals surface area contributed by atoms with Crippen LogP contribution in [0.15, 0.2) is 82.0 Å². The van der Waals surface area contributed by atoms with Gasteiger partial charge in [0.1, 0.15) is 5.52 Å². The second-order valence-corrected chi connectivity index (χ2v) is 9.75. The molecule has 0 atom stereocenters. The molecular formula is C23H19N3O4S2. The average molecular weight is 466 g/mol. The molecule has 2 aromatic heterocycles. The quantitative estimate of drug-likeness (QED) is 0.293. The summed E-state index contributed by atoms with van der Waals surface area (Å²) in [4.78, 5) is 23.5. The van der Waals surface area contributed by atoms with Gasteiger partial charge in [0.25, 0.3) is 5.91 Å². The number of hydrogen-bond acceptors (Lipinski definition) is 7. The molecule has 0 saturated carbocycles. The Labute approximate surface area is 189 Å². The van der Waals surface area contributed by atoms with Crippen LogP contribution in [-0.2, 0) is 14.6 Å². The minimum Gasteiger partial charge on any atom is -0.437 e. The van der Waals surface area contributed by atoms with Crippen LogP contribution in [0.2, 0.25) is 0 Å². The standard InChI is InChI=1S/C23H19N3O4S2/c1-3-14-26(22(27)13-12-21-24-18-6-4-5-7-20(18)30-21)23-25-19(15-31-23)16-8-10-17(11-9-16)32(2,28)29/h3-13,15H,1,14H2,2H3/b13-12+. The van der Waals surface area contributed by atoms with E-state index in [4.69, 9.17) is 4.42 Å². The van der Waals surface area contributed by atoms with Crippen molar-refractivity contribution >= 4 is 49.4 Å². The highest BCUT2D eigenvalue weighted by Gasteiger charge is 2.17. The van der Waals surface area contributed by atoms with Gasteiger partial charge in [0.2, 0.25) is 5.89 Å². The number of oxazole rings is 1. The van der Waals surface area contributed by atoms with Gasteiger partial charge in [-0.1, -0.05) is 30.3 Å². The Balaban J connectivity index is 1.55. The molecule has 0 bridgehead atoms. The molecule has 9 heteroatoms. The summed E-state index contributed by atoms with van der Waals surface area (Å²) >= 11 is 1.31. The third kappa shape index (κ3) is 4.68. The number of hydrogen-bond donors (Lipinski definition) is 0. The first-order chi connectivity index (χ1) is 15.3. The Morgan fingerprint density at radius 1 is 1.16 bits per heavy atom. The second kappa shape index (κ2) is 8.89. The fourth-order valence-electron chi connectivity index (χ4n) is 2.98. The van der Waals surface area contributed by atoms with Crippen LogP contribution in [0.1, 0.15) is 5.89 Å². The summed E-state index contributed by atoms with van der Waals surface area (Å²) in [5.41, 5.74) is 2.77. The van der Waals surface area contributed by atoms with Crippen molar-refractivity contribution in [3.05, 3.63) is 78.5 Å². The number of nitrogens with zero attached hydrogens (tertiary/aromatic N) is 3. The zero-order valence-electron chi connectivity index (χ0n) is 17.1. The van der Waals surface area contributed by atoms with E-state index in [1.165, 1.54) is 28.4 Å². The molecule has 4 aromatic rings. The van der Waals surface area contributed by atoms with Gasteiger partial charge in [0.05, 0.1) is 10.6 Å². The van der Waals surface area contributed by atoms with Crippen LogP contribution >= 0.6 is 11.3 Å². The molecule has 2 heterocycles. The van der Waals surface area contributed by atoms with Gasteiger partial charge >= 0.3 is 0 Å². The predicted octanol–water partition coefficient (Wildman–Crippen LogP) is 4.59. The molecule has 0 aliphatic rings. The highest BCUT2D eigenvalue weighted by atomic mass is 32.2. The number of rotatable bonds is 7. The van der Waals surface area contributed by atoms with E-state index >= 15 is 0 Å². The fourth-order valence-corrected chi connectivity index (χ4v) is 4.46. The lowest BCUT2D eigenvalue weighted by molar-refractivity contribution is -0.114. The van der Waals surface area contributed by atoms with Crippen LogP contribution < -0.4 is 4.90 Å². The SMILES string of the molecule is C=CCN(C(=O)/C=C/c1nc2ccccc2o1)c1nc(-c2ccc(S(C)(=O)=O)cc2)cs1. The largest absolute Gasteiger partial charge is 0.437 e. The molecule has 0 radical (unpaired) electrons. The number of aromatic nitrogens is 2. The van der Waals surface area contributed by atoms with Crippen LogP contribution in [0.4, 0.5) is 5.13 Å². The van der Waals surface area contributed by atoms with E-state index in [-0.39, 0.29) is 17.3 Å². The second-order valence-electron chi connectivity index (χ2n) is 6.90. The summed E-state index contributed by atoms with van der Waals surface area (Å²) in [6.45, 7) is 4.00. The Bertz CT molecular complexity index is 1380. The van der Waals surface area contributed by atoms with E-state index < -0.39 is 9.84 Å². The molecule has 7 nitrogen and oxygen atoms in total. The van der Waals surface area contributed by atoms with Crippen molar-refractivity contribution in [2.45, 2.75) is 4.90 Å². The molecule has 1 amide bonds. The van der Waals surface area contributed by atoms with Crippen molar-refractivity contribution in [1.82, 2.24) is 9.97 Å². The van der Waals surface area contributed by atoms with Gasteiger partial charge in [-0.05, 0) is 24.3 Å². The van der Waals surface area contributed by atoms with Crippen LogP contribution in [0.5, 0.6) is 0 Å². The summed E-state index contributed by atoms with van der Waals surface area (Å²) < 4.78 is 28.9. The molecule has 0 aliphatic heterocycles. The van der Waals surface area contributed by atoms with Gasteiger partial charge in [-0.2, -0.15) is 0 Å². The Morgan fingerprint density at radius 2 is 1.91 bits per heavy atom. The van der Waals surface area contributed by atoms with Gasteiger partial charge in [-0.15, -0.1) is 17.9 Å².